The van der Waals surface area contributed by atoms with Gasteiger partial charge in [0.2, 0.25) is 0 Å². The summed E-state index contributed by atoms with van der Waals surface area (Å²) in [6.07, 6.45) is 0. The summed E-state index contributed by atoms with van der Waals surface area (Å²) >= 11 is 3.28. The van der Waals surface area contributed by atoms with Gasteiger partial charge in [0, 0.05) is 17.7 Å². The van der Waals surface area contributed by atoms with E-state index in [2.05, 4.69) is 21.2 Å². The monoisotopic (exact) mass is 341 g/mol. The normalized spacial score (nSPS) is 12.2. The van der Waals surface area contributed by atoms with Gasteiger partial charge in [-0.3, -0.25) is 0 Å². The van der Waals surface area contributed by atoms with Gasteiger partial charge in [-0.1, -0.05) is 6.07 Å². The first-order chi connectivity index (χ1) is 9.52. The van der Waals surface area contributed by atoms with E-state index in [1.165, 1.54) is 18.2 Å². The zero-order chi connectivity index (χ0) is 14.7. The second-order valence-corrected chi connectivity index (χ2v) is 5.19. The Balaban J connectivity index is 2.43. The molecule has 2 rings (SSSR count). The number of hydrogen-bond donors (Lipinski definition) is 1. The van der Waals surface area contributed by atoms with E-state index in [4.69, 9.17) is 4.74 Å². The summed E-state index contributed by atoms with van der Waals surface area (Å²) in [7, 11) is 1.74. The smallest absolute Gasteiger partial charge is 0.144 e. The fraction of sp³-hybridized carbons (Fsp3) is 0.200. The van der Waals surface area contributed by atoms with Crippen molar-refractivity contribution in [2.75, 3.05) is 7.05 Å². The van der Waals surface area contributed by atoms with E-state index in [9.17, 15) is 8.78 Å². The standard InChI is InChI=1S/C15H14BrF2NO/c1-9(19-2)15-12(18)4-3-5-13(15)20-14-8-10(17)6-7-11(14)16/h3-9,19H,1-2H3. The number of rotatable bonds is 4. The van der Waals surface area contributed by atoms with Crippen molar-refractivity contribution in [3.8, 4) is 11.5 Å². The Hall–Kier alpha value is -1.46. The van der Waals surface area contributed by atoms with E-state index in [-0.39, 0.29) is 11.9 Å². The molecule has 2 aromatic rings. The number of halogens is 3. The number of hydrogen-bond acceptors (Lipinski definition) is 2. The van der Waals surface area contributed by atoms with Gasteiger partial charge in [-0.25, -0.2) is 8.78 Å². The minimum atomic E-state index is -0.414. The SMILES string of the molecule is CNC(C)c1c(F)cccc1Oc1cc(F)ccc1Br. The van der Waals surface area contributed by atoms with E-state index in [0.717, 1.165) is 0 Å². The van der Waals surface area contributed by atoms with Crippen LogP contribution >= 0.6 is 15.9 Å². The molecule has 0 aliphatic heterocycles. The van der Waals surface area contributed by atoms with Crippen molar-refractivity contribution in [3.05, 3.63) is 58.1 Å². The van der Waals surface area contributed by atoms with Gasteiger partial charge in [0.15, 0.2) is 0 Å². The lowest BCUT2D eigenvalue weighted by Crippen LogP contribution is -2.15. The fourth-order valence-electron chi connectivity index (χ4n) is 1.84. The second-order valence-electron chi connectivity index (χ2n) is 4.34. The summed E-state index contributed by atoms with van der Waals surface area (Å²) in [6, 6.07) is 8.48. The highest BCUT2D eigenvalue weighted by atomic mass is 79.9. The second kappa shape index (κ2) is 6.33. The first-order valence-corrected chi connectivity index (χ1v) is 6.90. The highest BCUT2D eigenvalue weighted by Crippen LogP contribution is 2.35. The molecule has 1 atom stereocenters. The van der Waals surface area contributed by atoms with Crippen molar-refractivity contribution in [2.24, 2.45) is 0 Å². The Bertz CT molecular complexity index is 619. The van der Waals surface area contributed by atoms with E-state index in [1.807, 2.05) is 6.92 Å². The molecule has 2 aromatic carbocycles. The lowest BCUT2D eigenvalue weighted by atomic mass is 10.1. The summed E-state index contributed by atoms with van der Waals surface area (Å²) < 4.78 is 33.5. The summed E-state index contributed by atoms with van der Waals surface area (Å²) in [5.74, 6) is -0.113. The molecule has 0 heterocycles. The molecule has 0 saturated heterocycles. The van der Waals surface area contributed by atoms with Gasteiger partial charge >= 0.3 is 0 Å². The van der Waals surface area contributed by atoms with Crippen LogP contribution in [0.25, 0.3) is 0 Å². The number of nitrogens with one attached hydrogen (secondary N) is 1. The molecule has 2 nitrogen and oxygen atoms in total. The van der Waals surface area contributed by atoms with Crippen molar-refractivity contribution in [1.29, 1.82) is 0 Å². The third-order valence-corrected chi connectivity index (χ3v) is 3.65. The molecule has 5 heteroatoms. The molecule has 0 fully saturated rings. The molecule has 0 bridgehead atoms. The quantitative estimate of drug-likeness (QED) is 0.862. The van der Waals surface area contributed by atoms with Crippen LogP contribution in [0.3, 0.4) is 0 Å². The minimum absolute atomic E-state index is 0.224. The van der Waals surface area contributed by atoms with Crippen molar-refractivity contribution >= 4 is 15.9 Å². The van der Waals surface area contributed by atoms with E-state index in [1.54, 1.807) is 25.2 Å². The Morgan fingerprint density at radius 2 is 1.90 bits per heavy atom. The van der Waals surface area contributed by atoms with E-state index in [0.29, 0.717) is 21.5 Å². The molecule has 0 aliphatic carbocycles. The largest absolute Gasteiger partial charge is 0.456 e. The maximum Gasteiger partial charge on any atom is 0.144 e. The van der Waals surface area contributed by atoms with Crippen LogP contribution in [0, 0.1) is 11.6 Å². The molecule has 0 aliphatic rings. The van der Waals surface area contributed by atoms with Crippen LogP contribution in [0.5, 0.6) is 11.5 Å². The summed E-state index contributed by atoms with van der Waals surface area (Å²) in [4.78, 5) is 0. The Kier molecular flexibility index (Phi) is 4.73. The van der Waals surface area contributed by atoms with Gasteiger partial charge in [0.25, 0.3) is 0 Å². The maximum absolute atomic E-state index is 14.0. The van der Waals surface area contributed by atoms with Gasteiger partial charge in [0.1, 0.15) is 23.1 Å². The maximum atomic E-state index is 14.0. The Morgan fingerprint density at radius 3 is 2.60 bits per heavy atom. The molecule has 0 amide bonds. The molecule has 0 spiro atoms. The average molecular weight is 342 g/mol. The Morgan fingerprint density at radius 1 is 1.15 bits per heavy atom. The zero-order valence-corrected chi connectivity index (χ0v) is 12.7. The first-order valence-electron chi connectivity index (χ1n) is 6.11. The average Bonchev–Trinajstić information content (AvgIpc) is 2.42. The molecule has 1 N–H and O–H groups in total. The van der Waals surface area contributed by atoms with Crippen LogP contribution in [0.2, 0.25) is 0 Å². The topological polar surface area (TPSA) is 21.3 Å². The molecule has 106 valence electrons. The van der Waals surface area contributed by atoms with Crippen LogP contribution in [-0.4, -0.2) is 7.05 Å². The predicted octanol–water partition coefficient (Wildman–Crippen LogP) is 4.80. The highest BCUT2D eigenvalue weighted by Gasteiger charge is 2.17. The van der Waals surface area contributed by atoms with Crippen molar-refractivity contribution in [3.63, 3.8) is 0 Å². The van der Waals surface area contributed by atoms with Crippen LogP contribution in [0.15, 0.2) is 40.9 Å². The van der Waals surface area contributed by atoms with Crippen molar-refractivity contribution in [2.45, 2.75) is 13.0 Å². The summed E-state index contributed by atoms with van der Waals surface area (Å²) in [5.41, 5.74) is 0.408. The highest BCUT2D eigenvalue weighted by molar-refractivity contribution is 9.10. The van der Waals surface area contributed by atoms with Gasteiger partial charge in [0.05, 0.1) is 4.47 Å². The van der Waals surface area contributed by atoms with Gasteiger partial charge in [-0.05, 0) is 54.2 Å². The van der Waals surface area contributed by atoms with E-state index >= 15 is 0 Å². The zero-order valence-electron chi connectivity index (χ0n) is 11.1. The third kappa shape index (κ3) is 3.16. The van der Waals surface area contributed by atoms with Crippen LogP contribution in [0.4, 0.5) is 8.78 Å². The van der Waals surface area contributed by atoms with Crippen LogP contribution in [0.1, 0.15) is 18.5 Å². The predicted molar refractivity (Wildman–Crippen MR) is 78.0 cm³/mol. The lowest BCUT2D eigenvalue weighted by molar-refractivity contribution is 0.446. The number of ether oxygens (including phenoxy) is 1. The first kappa shape index (κ1) is 14.9. The van der Waals surface area contributed by atoms with Crippen molar-refractivity contribution < 1.29 is 13.5 Å². The summed E-state index contributed by atoms with van der Waals surface area (Å²) in [5, 5.41) is 2.97. The van der Waals surface area contributed by atoms with Gasteiger partial charge in [-0.15, -0.1) is 0 Å². The van der Waals surface area contributed by atoms with Crippen LogP contribution in [-0.2, 0) is 0 Å². The molecular weight excluding hydrogens is 328 g/mol. The fourth-order valence-corrected chi connectivity index (χ4v) is 2.17. The lowest BCUT2D eigenvalue weighted by Gasteiger charge is -2.17. The molecular formula is C15H14BrF2NO. The molecule has 0 aromatic heterocycles. The van der Waals surface area contributed by atoms with Crippen molar-refractivity contribution in [1.82, 2.24) is 5.32 Å². The molecule has 20 heavy (non-hydrogen) atoms. The molecule has 1 unspecified atom stereocenters. The van der Waals surface area contributed by atoms with Gasteiger partial charge < -0.3 is 10.1 Å². The van der Waals surface area contributed by atoms with E-state index < -0.39 is 5.82 Å². The minimum Gasteiger partial charge on any atom is -0.456 e. The molecule has 0 radical (unpaired) electrons. The summed E-state index contributed by atoms with van der Waals surface area (Å²) in [6.45, 7) is 1.83. The van der Waals surface area contributed by atoms with Gasteiger partial charge in [-0.2, -0.15) is 0 Å². The number of benzene rings is 2. The Labute approximate surface area is 124 Å². The molecule has 0 saturated carbocycles. The third-order valence-electron chi connectivity index (χ3n) is 2.99. The van der Waals surface area contributed by atoms with Crippen LogP contribution < -0.4 is 10.1 Å².